The summed E-state index contributed by atoms with van der Waals surface area (Å²) in [6.07, 6.45) is 4.86. The number of rotatable bonds is 4. The van der Waals surface area contributed by atoms with Crippen LogP contribution < -0.4 is 15.9 Å². The number of piperazine rings is 1. The van der Waals surface area contributed by atoms with E-state index in [0.29, 0.717) is 65.1 Å². The van der Waals surface area contributed by atoms with Crippen molar-refractivity contribution in [3.63, 3.8) is 0 Å². The first-order valence-electron chi connectivity index (χ1n) is 14.7. The van der Waals surface area contributed by atoms with Gasteiger partial charge in [0.05, 0.1) is 50.9 Å². The molecule has 1 unspecified atom stereocenters. The minimum Gasteiger partial charge on any atom is -0.381 e. The summed E-state index contributed by atoms with van der Waals surface area (Å²) in [6, 6.07) is 5.71. The van der Waals surface area contributed by atoms with Crippen molar-refractivity contribution < 1.29 is 4.79 Å². The van der Waals surface area contributed by atoms with Gasteiger partial charge in [-0.3, -0.25) is 14.9 Å². The summed E-state index contributed by atoms with van der Waals surface area (Å²) >= 11 is 7.31. The van der Waals surface area contributed by atoms with Gasteiger partial charge < -0.3 is 15.1 Å². The van der Waals surface area contributed by atoms with E-state index >= 15 is 0 Å². The number of aromatic amines is 1. The Labute approximate surface area is 258 Å². The van der Waals surface area contributed by atoms with E-state index in [-0.39, 0.29) is 17.9 Å². The number of carbonyl (C=O) groups excluding carboxylic acids is 1. The number of benzene rings is 1. The summed E-state index contributed by atoms with van der Waals surface area (Å²) in [5, 5.41) is 12.8. The molecule has 1 saturated heterocycles. The number of carbonyl (C=O) groups is 1. The highest BCUT2D eigenvalue weighted by Crippen LogP contribution is 2.45. The average Bonchev–Trinajstić information content (AvgIpc) is 3.42. The third kappa shape index (κ3) is 4.17. The van der Waals surface area contributed by atoms with E-state index in [4.69, 9.17) is 21.6 Å². The molecule has 0 radical (unpaired) electrons. The van der Waals surface area contributed by atoms with Gasteiger partial charge in [0.2, 0.25) is 5.91 Å². The zero-order valence-corrected chi connectivity index (χ0v) is 25.7. The molecule has 12 heteroatoms. The SMILES string of the molecule is C=CC(=O)N1CCN2c3nc(=O)n(-c4c(C)ccnc4C(C)C)c4nc(-c5c(C)ccc6[nH]ncc56)c(Cl)c(c34)NCC2C1. The molecule has 6 heterocycles. The normalized spacial score (nSPS) is 16.3. The molecule has 0 saturated carbocycles. The Bertz CT molecular complexity index is 2070. The monoisotopic (exact) mass is 609 g/mol. The quantitative estimate of drug-likeness (QED) is 0.280. The smallest absolute Gasteiger partial charge is 0.355 e. The van der Waals surface area contributed by atoms with E-state index < -0.39 is 5.69 Å². The molecule has 44 heavy (non-hydrogen) atoms. The molecule has 1 atom stereocenters. The number of amides is 1. The van der Waals surface area contributed by atoms with Crippen LogP contribution in [-0.2, 0) is 4.79 Å². The molecule has 224 valence electrons. The number of anilines is 2. The number of hydrogen-bond acceptors (Lipinski definition) is 8. The number of fused-ring (bicyclic) bond motifs is 3. The van der Waals surface area contributed by atoms with Crippen molar-refractivity contribution >= 4 is 50.9 Å². The lowest BCUT2D eigenvalue weighted by Crippen LogP contribution is -2.57. The third-order valence-electron chi connectivity index (χ3n) is 8.70. The minimum absolute atomic E-state index is 0.0355. The summed E-state index contributed by atoms with van der Waals surface area (Å²) in [5.74, 6) is 0.413. The molecule has 0 bridgehead atoms. The van der Waals surface area contributed by atoms with Gasteiger partial charge in [0.25, 0.3) is 0 Å². The van der Waals surface area contributed by atoms with Crippen molar-refractivity contribution in [1.82, 2.24) is 34.6 Å². The number of H-pyrrole nitrogens is 1. The standard InChI is InChI=1S/C32H32ClN9O2/c1-6-22(43)40-11-12-41-19(15-40)13-35-27-24-30(41)38-32(44)42(29-18(5)9-10-34-26(29)16(2)3)31(24)37-28(25(27)33)23-17(4)7-8-21-20(23)14-36-39-21/h6-10,14,16,19,35H,1,11-13,15H2,2-5H3,(H,36,39). The molecule has 5 aromatic rings. The first-order chi connectivity index (χ1) is 21.2. The fourth-order valence-corrected chi connectivity index (χ4v) is 6.83. The molecule has 4 aromatic heterocycles. The average molecular weight is 610 g/mol. The Kier molecular flexibility index (Phi) is 6.65. The third-order valence-corrected chi connectivity index (χ3v) is 9.06. The van der Waals surface area contributed by atoms with Gasteiger partial charge in [-0.05, 0) is 49.1 Å². The number of pyridine rings is 2. The van der Waals surface area contributed by atoms with Crippen molar-refractivity contribution in [2.75, 3.05) is 36.4 Å². The molecule has 1 fully saturated rings. The van der Waals surface area contributed by atoms with Crippen molar-refractivity contribution in [3.05, 3.63) is 75.6 Å². The number of nitrogens with zero attached hydrogens (tertiary/aromatic N) is 7. The second kappa shape index (κ2) is 10.4. The largest absolute Gasteiger partial charge is 0.381 e. The van der Waals surface area contributed by atoms with Crippen LogP contribution in [0.15, 0.2) is 48.0 Å². The van der Waals surface area contributed by atoms with Gasteiger partial charge >= 0.3 is 5.69 Å². The molecular formula is C32H32ClN9O2. The Morgan fingerprint density at radius 3 is 2.75 bits per heavy atom. The van der Waals surface area contributed by atoms with Crippen LogP contribution in [0.1, 0.15) is 36.6 Å². The van der Waals surface area contributed by atoms with Gasteiger partial charge in [-0.2, -0.15) is 10.1 Å². The van der Waals surface area contributed by atoms with Crippen LogP contribution in [-0.4, -0.2) is 72.7 Å². The fourth-order valence-electron chi connectivity index (χ4n) is 6.54. The Morgan fingerprint density at radius 1 is 1.16 bits per heavy atom. The highest BCUT2D eigenvalue weighted by Gasteiger charge is 2.36. The molecule has 2 aliphatic rings. The zero-order chi connectivity index (χ0) is 30.9. The van der Waals surface area contributed by atoms with Gasteiger partial charge in [-0.25, -0.2) is 14.3 Å². The molecule has 11 nitrogen and oxygen atoms in total. The number of aromatic nitrogens is 6. The molecule has 0 spiro atoms. The summed E-state index contributed by atoms with van der Waals surface area (Å²) in [5.41, 5.74) is 6.12. The second-order valence-corrected chi connectivity index (χ2v) is 12.1. The van der Waals surface area contributed by atoms with Crippen LogP contribution in [0.5, 0.6) is 0 Å². The van der Waals surface area contributed by atoms with E-state index in [9.17, 15) is 9.59 Å². The van der Waals surface area contributed by atoms with Crippen LogP contribution >= 0.6 is 11.6 Å². The highest BCUT2D eigenvalue weighted by molar-refractivity contribution is 6.38. The van der Waals surface area contributed by atoms with E-state index in [2.05, 4.69) is 45.8 Å². The topological polar surface area (TPSA) is 125 Å². The van der Waals surface area contributed by atoms with E-state index in [1.54, 1.807) is 21.9 Å². The van der Waals surface area contributed by atoms with Crippen molar-refractivity contribution in [3.8, 4) is 16.9 Å². The van der Waals surface area contributed by atoms with Gasteiger partial charge in [-0.15, -0.1) is 0 Å². The Morgan fingerprint density at radius 2 is 1.98 bits per heavy atom. The maximum atomic E-state index is 14.3. The van der Waals surface area contributed by atoms with Gasteiger partial charge in [0, 0.05) is 43.3 Å². The number of halogens is 1. The Hall–Kier alpha value is -4.77. The molecule has 2 aliphatic heterocycles. The summed E-state index contributed by atoms with van der Waals surface area (Å²) in [7, 11) is 0. The zero-order valence-electron chi connectivity index (χ0n) is 25.0. The van der Waals surface area contributed by atoms with Crippen LogP contribution in [0, 0.1) is 13.8 Å². The van der Waals surface area contributed by atoms with Crippen molar-refractivity contribution in [2.24, 2.45) is 0 Å². The molecule has 7 rings (SSSR count). The highest BCUT2D eigenvalue weighted by atomic mass is 35.5. The Balaban J connectivity index is 1.59. The predicted octanol–water partition coefficient (Wildman–Crippen LogP) is 4.74. The molecule has 2 N–H and O–H groups in total. The van der Waals surface area contributed by atoms with E-state index in [0.717, 1.165) is 33.3 Å². The molecule has 0 aliphatic carbocycles. The van der Waals surface area contributed by atoms with Crippen LogP contribution in [0.4, 0.5) is 11.5 Å². The van der Waals surface area contributed by atoms with Crippen LogP contribution in [0.3, 0.4) is 0 Å². The maximum Gasteiger partial charge on any atom is 0.355 e. The minimum atomic E-state index is -0.458. The lowest BCUT2D eigenvalue weighted by atomic mass is 9.99. The first-order valence-corrected chi connectivity index (χ1v) is 15.0. The van der Waals surface area contributed by atoms with Gasteiger partial charge in [0.15, 0.2) is 5.65 Å². The maximum absolute atomic E-state index is 14.3. The molecule has 1 aromatic carbocycles. The second-order valence-electron chi connectivity index (χ2n) is 11.7. The molecule has 1 amide bonds. The number of hydrogen-bond donors (Lipinski definition) is 2. The number of aryl methyl sites for hydroxylation is 2. The van der Waals surface area contributed by atoms with Crippen molar-refractivity contribution in [1.29, 1.82) is 0 Å². The van der Waals surface area contributed by atoms with E-state index in [1.807, 2.05) is 32.0 Å². The fraction of sp³-hybridized carbons (Fsp3) is 0.312. The lowest BCUT2D eigenvalue weighted by Gasteiger charge is -2.41. The number of nitrogens with one attached hydrogen (secondary N) is 2. The lowest BCUT2D eigenvalue weighted by molar-refractivity contribution is -0.126. The van der Waals surface area contributed by atoms with Crippen LogP contribution in [0.2, 0.25) is 5.02 Å². The van der Waals surface area contributed by atoms with E-state index in [1.165, 1.54) is 6.08 Å². The van der Waals surface area contributed by atoms with Gasteiger partial charge in [0.1, 0.15) is 5.82 Å². The van der Waals surface area contributed by atoms with Crippen molar-refractivity contribution in [2.45, 2.75) is 39.7 Å². The summed E-state index contributed by atoms with van der Waals surface area (Å²) in [6.45, 7) is 13.6. The van der Waals surface area contributed by atoms with Gasteiger partial charge in [-0.1, -0.05) is 38.1 Å². The summed E-state index contributed by atoms with van der Waals surface area (Å²) < 4.78 is 1.59. The molecular weight excluding hydrogens is 578 g/mol. The summed E-state index contributed by atoms with van der Waals surface area (Å²) in [4.78, 5) is 45.3. The predicted molar refractivity (Wildman–Crippen MR) is 173 cm³/mol. The first kappa shape index (κ1) is 28.0. The van der Waals surface area contributed by atoms with Crippen LogP contribution in [0.25, 0.3) is 38.9 Å².